The van der Waals surface area contributed by atoms with Crippen molar-refractivity contribution >= 4 is 0 Å². The molecule has 0 bridgehead atoms. The van der Waals surface area contributed by atoms with Gasteiger partial charge in [0.05, 0.1) is 16.8 Å². The molecule has 1 fully saturated rings. The second-order valence-corrected chi connectivity index (χ2v) is 7.02. The highest BCUT2D eigenvalue weighted by Gasteiger charge is 2.58. The van der Waals surface area contributed by atoms with Gasteiger partial charge in [-0.1, -0.05) is 30.3 Å². The first-order valence-corrected chi connectivity index (χ1v) is 7.74. The van der Waals surface area contributed by atoms with Crippen molar-refractivity contribution in [1.82, 2.24) is 15.1 Å². The zero-order valence-electron chi connectivity index (χ0n) is 13.9. The van der Waals surface area contributed by atoms with Crippen molar-refractivity contribution in [2.75, 3.05) is 0 Å². The summed E-state index contributed by atoms with van der Waals surface area (Å²) in [5, 5.41) is 23.6. The van der Waals surface area contributed by atoms with E-state index in [-0.39, 0.29) is 0 Å². The Kier molecular flexibility index (Phi) is 3.77. The summed E-state index contributed by atoms with van der Waals surface area (Å²) in [6, 6.07) is 13.5. The number of nitrogens with zero attached hydrogens (tertiary/aromatic N) is 3. The largest absolute Gasteiger partial charge is 0.311 e. The van der Waals surface area contributed by atoms with Crippen LogP contribution in [0, 0.1) is 0 Å². The first-order valence-electron chi connectivity index (χ1n) is 7.74. The van der Waals surface area contributed by atoms with Gasteiger partial charge < -0.3 is 10.4 Å². The molecule has 0 radical (unpaired) electrons. The van der Waals surface area contributed by atoms with Crippen LogP contribution >= 0.6 is 0 Å². The summed E-state index contributed by atoms with van der Waals surface area (Å²) in [5.74, 6) is 0. The van der Waals surface area contributed by atoms with Crippen LogP contribution in [0.1, 0.15) is 39.4 Å². The molecule has 122 valence electrons. The minimum atomic E-state index is -0.599. The Morgan fingerprint density at radius 3 is 1.91 bits per heavy atom. The number of hydrogen-bond donors (Lipinski definition) is 2. The maximum Gasteiger partial charge on any atom is 0.136 e. The van der Waals surface area contributed by atoms with E-state index >= 15 is 0 Å². The fourth-order valence-electron chi connectivity index (χ4n) is 2.92. The predicted molar refractivity (Wildman–Crippen MR) is 87.8 cm³/mol. The van der Waals surface area contributed by atoms with E-state index in [1.807, 2.05) is 70.2 Å². The minimum Gasteiger partial charge on any atom is -0.311 e. The summed E-state index contributed by atoms with van der Waals surface area (Å²) in [7, 11) is 0. The second-order valence-electron chi connectivity index (χ2n) is 7.02. The molecule has 5 nitrogen and oxygen atoms in total. The number of hydrogen-bond acceptors (Lipinski definition) is 5. The smallest absolute Gasteiger partial charge is 0.136 e. The third-order valence-corrected chi connectivity index (χ3v) is 5.28. The molecule has 5 heteroatoms. The van der Waals surface area contributed by atoms with Crippen LogP contribution in [0.15, 0.2) is 48.7 Å². The van der Waals surface area contributed by atoms with Crippen molar-refractivity contribution in [3.63, 3.8) is 0 Å². The van der Waals surface area contributed by atoms with Crippen LogP contribution in [0.5, 0.6) is 0 Å². The fraction of sp³-hybridized carbons (Fsp3) is 0.389. The lowest BCUT2D eigenvalue weighted by Crippen LogP contribution is -2.52. The molecular weight excluding hydrogens is 290 g/mol. The quantitative estimate of drug-likeness (QED) is 0.885. The van der Waals surface area contributed by atoms with Crippen molar-refractivity contribution in [1.29, 1.82) is 0 Å². The average Bonchev–Trinajstić information content (AvgIpc) is 2.66. The van der Waals surface area contributed by atoms with Crippen LogP contribution in [0.3, 0.4) is 0 Å². The number of rotatable bonds is 2. The number of hydroxylamine groups is 4. The summed E-state index contributed by atoms with van der Waals surface area (Å²) in [5.41, 5.74) is 1.54. The molecule has 0 unspecified atom stereocenters. The van der Waals surface area contributed by atoms with Gasteiger partial charge in [0, 0.05) is 11.8 Å². The third kappa shape index (κ3) is 2.37. The molecule has 0 aliphatic carbocycles. The monoisotopic (exact) mass is 313 g/mol. The molecule has 2 aromatic rings. The molecule has 0 saturated carbocycles. The highest BCUT2D eigenvalue weighted by molar-refractivity contribution is 5.59. The fourth-order valence-corrected chi connectivity index (χ4v) is 2.92. The molecule has 23 heavy (non-hydrogen) atoms. The number of aromatic nitrogens is 1. The molecule has 1 aliphatic heterocycles. The standard InChI is InChI=1S/C18H23N3O2/c1-17(2)18(3,4)21(23)16(20(17)22)14-10-8-13(9-11-14)15-7-5-6-12-19-15/h5-12,16,22-23H,1-4H3. The molecule has 1 aromatic heterocycles. The van der Waals surface area contributed by atoms with Gasteiger partial charge in [-0.15, -0.1) is 0 Å². The van der Waals surface area contributed by atoms with Gasteiger partial charge in [0.15, 0.2) is 0 Å². The van der Waals surface area contributed by atoms with Gasteiger partial charge in [-0.2, -0.15) is 10.1 Å². The van der Waals surface area contributed by atoms with E-state index in [4.69, 9.17) is 0 Å². The Morgan fingerprint density at radius 2 is 1.43 bits per heavy atom. The lowest BCUT2D eigenvalue weighted by molar-refractivity contribution is -0.223. The van der Waals surface area contributed by atoms with E-state index in [1.54, 1.807) is 6.20 Å². The Hall–Kier alpha value is -1.79. The first kappa shape index (κ1) is 16.1. The molecule has 1 saturated heterocycles. The van der Waals surface area contributed by atoms with Gasteiger partial charge in [0.2, 0.25) is 0 Å². The van der Waals surface area contributed by atoms with Crippen molar-refractivity contribution in [2.24, 2.45) is 0 Å². The maximum absolute atomic E-state index is 10.6. The minimum absolute atomic E-state index is 0.591. The summed E-state index contributed by atoms with van der Waals surface area (Å²) >= 11 is 0. The van der Waals surface area contributed by atoms with Crippen LogP contribution in [0.4, 0.5) is 0 Å². The zero-order valence-corrected chi connectivity index (χ0v) is 13.9. The van der Waals surface area contributed by atoms with E-state index in [0.29, 0.717) is 0 Å². The summed E-state index contributed by atoms with van der Waals surface area (Å²) < 4.78 is 0. The number of pyridine rings is 1. The second kappa shape index (κ2) is 5.39. The SMILES string of the molecule is CC1(C)N(O)C(c2ccc(-c3ccccn3)cc2)N(O)C1(C)C. The Labute approximate surface area is 136 Å². The van der Waals surface area contributed by atoms with Gasteiger partial charge in [0.1, 0.15) is 6.17 Å². The number of benzene rings is 1. The van der Waals surface area contributed by atoms with Gasteiger partial charge >= 0.3 is 0 Å². The third-order valence-electron chi connectivity index (χ3n) is 5.28. The molecule has 1 aliphatic rings. The van der Waals surface area contributed by atoms with Crippen molar-refractivity contribution in [3.8, 4) is 11.3 Å². The van der Waals surface area contributed by atoms with Crippen molar-refractivity contribution in [3.05, 3.63) is 54.2 Å². The van der Waals surface area contributed by atoms with Crippen LogP contribution < -0.4 is 0 Å². The summed E-state index contributed by atoms with van der Waals surface area (Å²) in [6.07, 6.45) is 1.16. The average molecular weight is 313 g/mol. The Morgan fingerprint density at radius 1 is 0.870 bits per heavy atom. The van der Waals surface area contributed by atoms with Gasteiger partial charge in [-0.3, -0.25) is 4.98 Å². The van der Waals surface area contributed by atoms with Crippen molar-refractivity contribution in [2.45, 2.75) is 44.9 Å². The molecule has 0 spiro atoms. The van der Waals surface area contributed by atoms with E-state index in [1.165, 1.54) is 10.1 Å². The molecule has 1 aromatic carbocycles. The van der Waals surface area contributed by atoms with Crippen LogP contribution in [-0.2, 0) is 0 Å². The first-order chi connectivity index (χ1) is 10.8. The molecule has 3 rings (SSSR count). The molecule has 2 heterocycles. The van der Waals surface area contributed by atoms with Gasteiger partial charge in [-0.25, -0.2) is 0 Å². The molecule has 0 amide bonds. The predicted octanol–water partition coefficient (Wildman–Crippen LogP) is 3.70. The molecular formula is C18H23N3O2. The normalized spacial score (nSPS) is 21.7. The van der Waals surface area contributed by atoms with E-state index < -0.39 is 17.2 Å². The van der Waals surface area contributed by atoms with Gasteiger partial charge in [0.25, 0.3) is 0 Å². The Balaban J connectivity index is 1.94. The topological polar surface area (TPSA) is 59.8 Å². The van der Waals surface area contributed by atoms with Crippen LogP contribution in [0.2, 0.25) is 0 Å². The Bertz CT molecular complexity index is 663. The zero-order chi connectivity index (χ0) is 16.8. The van der Waals surface area contributed by atoms with Crippen LogP contribution in [-0.4, -0.2) is 36.6 Å². The van der Waals surface area contributed by atoms with E-state index in [2.05, 4.69) is 4.98 Å². The van der Waals surface area contributed by atoms with Crippen molar-refractivity contribution < 1.29 is 10.4 Å². The lowest BCUT2D eigenvalue weighted by atomic mass is 9.84. The van der Waals surface area contributed by atoms with Gasteiger partial charge in [-0.05, 0) is 45.4 Å². The highest BCUT2D eigenvalue weighted by atomic mass is 16.6. The maximum atomic E-state index is 10.6. The molecule has 2 N–H and O–H groups in total. The highest BCUT2D eigenvalue weighted by Crippen LogP contribution is 2.47. The van der Waals surface area contributed by atoms with E-state index in [9.17, 15) is 10.4 Å². The van der Waals surface area contributed by atoms with E-state index in [0.717, 1.165) is 16.8 Å². The molecule has 0 atom stereocenters. The summed E-state index contributed by atoms with van der Waals surface area (Å²) in [6.45, 7) is 7.66. The lowest BCUT2D eigenvalue weighted by Gasteiger charge is -2.37. The summed E-state index contributed by atoms with van der Waals surface area (Å²) in [4.78, 5) is 4.33. The van der Waals surface area contributed by atoms with Crippen LogP contribution in [0.25, 0.3) is 11.3 Å².